The van der Waals surface area contributed by atoms with Gasteiger partial charge in [0.1, 0.15) is 5.01 Å². The van der Waals surface area contributed by atoms with Crippen molar-refractivity contribution >= 4 is 16.5 Å². The topological polar surface area (TPSA) is 37.8 Å². The van der Waals surface area contributed by atoms with Crippen LogP contribution >= 0.6 is 11.3 Å². The normalized spacial score (nSPS) is 10.7. The molecule has 1 aromatic carbocycles. The number of anilines is 1. The fourth-order valence-corrected chi connectivity index (χ4v) is 2.52. The van der Waals surface area contributed by atoms with E-state index in [1.165, 1.54) is 22.3 Å². The van der Waals surface area contributed by atoms with Gasteiger partial charge in [0, 0.05) is 6.54 Å². The van der Waals surface area contributed by atoms with Gasteiger partial charge in [0.05, 0.1) is 0 Å². The Morgan fingerprint density at radius 2 is 1.78 bits per heavy atom. The molecular weight excluding hydrogens is 242 g/mol. The molecule has 1 heterocycles. The third kappa shape index (κ3) is 2.88. The van der Waals surface area contributed by atoms with Gasteiger partial charge in [-0.1, -0.05) is 30.4 Å². The Balaban J connectivity index is 2.08. The largest absolute Gasteiger partial charge is 0.356 e. The van der Waals surface area contributed by atoms with Crippen molar-refractivity contribution in [2.75, 3.05) is 5.32 Å². The predicted octanol–water partition coefficient (Wildman–Crippen LogP) is 3.64. The number of aryl methyl sites for hydroxylation is 4. The average molecular weight is 261 g/mol. The molecule has 0 spiro atoms. The molecule has 1 N–H and O–H groups in total. The number of nitrogens with zero attached hydrogens (tertiary/aromatic N) is 2. The van der Waals surface area contributed by atoms with Gasteiger partial charge in [-0.25, -0.2) is 0 Å². The molecule has 0 aliphatic heterocycles. The molecular formula is C14H19N3S. The number of hydrogen-bond donors (Lipinski definition) is 1. The summed E-state index contributed by atoms with van der Waals surface area (Å²) in [6, 6.07) is 4.49. The van der Waals surface area contributed by atoms with Crippen LogP contribution in [0.1, 0.15) is 34.2 Å². The fraction of sp³-hybridized carbons (Fsp3) is 0.429. The Bertz CT molecular complexity index is 546. The first-order valence-electron chi connectivity index (χ1n) is 6.23. The van der Waals surface area contributed by atoms with Crippen molar-refractivity contribution in [3.05, 3.63) is 39.4 Å². The molecule has 0 bridgehead atoms. The van der Waals surface area contributed by atoms with Crippen LogP contribution in [-0.4, -0.2) is 10.2 Å². The first kappa shape index (κ1) is 13.0. The van der Waals surface area contributed by atoms with E-state index in [9.17, 15) is 0 Å². The van der Waals surface area contributed by atoms with Crippen LogP contribution in [0.5, 0.6) is 0 Å². The van der Waals surface area contributed by atoms with E-state index in [0.717, 1.165) is 23.1 Å². The number of benzene rings is 1. The van der Waals surface area contributed by atoms with Gasteiger partial charge in [-0.15, -0.1) is 10.2 Å². The first-order chi connectivity index (χ1) is 8.60. The second-order valence-corrected chi connectivity index (χ2v) is 5.63. The zero-order chi connectivity index (χ0) is 13.1. The van der Waals surface area contributed by atoms with E-state index in [2.05, 4.69) is 55.3 Å². The van der Waals surface area contributed by atoms with Crippen LogP contribution in [0.15, 0.2) is 12.1 Å². The minimum absolute atomic E-state index is 0.811. The summed E-state index contributed by atoms with van der Waals surface area (Å²) < 4.78 is 0. The van der Waals surface area contributed by atoms with Crippen molar-refractivity contribution in [1.29, 1.82) is 0 Å². The van der Waals surface area contributed by atoms with Gasteiger partial charge >= 0.3 is 0 Å². The van der Waals surface area contributed by atoms with E-state index in [1.807, 2.05) is 0 Å². The first-order valence-corrected chi connectivity index (χ1v) is 7.04. The Morgan fingerprint density at radius 3 is 2.44 bits per heavy atom. The average Bonchev–Trinajstić information content (AvgIpc) is 2.80. The highest BCUT2D eigenvalue weighted by molar-refractivity contribution is 7.15. The molecule has 2 rings (SSSR count). The van der Waals surface area contributed by atoms with E-state index in [-0.39, 0.29) is 0 Å². The standard InChI is InChI=1S/C14H19N3S/c1-5-13-16-17-14(18-13)15-8-12-7-10(3)9(2)6-11(12)4/h6-7H,5,8H2,1-4H3,(H,15,17). The van der Waals surface area contributed by atoms with Crippen LogP contribution in [0.2, 0.25) is 0 Å². The van der Waals surface area contributed by atoms with Crippen LogP contribution in [0.3, 0.4) is 0 Å². The van der Waals surface area contributed by atoms with Crippen molar-refractivity contribution in [2.24, 2.45) is 0 Å². The van der Waals surface area contributed by atoms with E-state index in [0.29, 0.717) is 0 Å². The lowest BCUT2D eigenvalue weighted by molar-refractivity contribution is 0.973. The minimum Gasteiger partial charge on any atom is -0.356 e. The summed E-state index contributed by atoms with van der Waals surface area (Å²) in [6.45, 7) is 9.36. The zero-order valence-corrected chi connectivity index (χ0v) is 12.2. The monoisotopic (exact) mass is 261 g/mol. The molecule has 2 aromatic rings. The molecule has 0 aliphatic rings. The highest BCUT2D eigenvalue weighted by Gasteiger charge is 2.05. The molecule has 1 aromatic heterocycles. The third-order valence-corrected chi connectivity index (χ3v) is 4.18. The highest BCUT2D eigenvalue weighted by atomic mass is 32.1. The van der Waals surface area contributed by atoms with E-state index >= 15 is 0 Å². The van der Waals surface area contributed by atoms with Gasteiger partial charge in [0.25, 0.3) is 0 Å². The highest BCUT2D eigenvalue weighted by Crippen LogP contribution is 2.19. The van der Waals surface area contributed by atoms with Crippen LogP contribution in [-0.2, 0) is 13.0 Å². The lowest BCUT2D eigenvalue weighted by atomic mass is 10.0. The quantitative estimate of drug-likeness (QED) is 0.913. The van der Waals surface area contributed by atoms with Crippen molar-refractivity contribution in [3.63, 3.8) is 0 Å². The van der Waals surface area contributed by atoms with Crippen molar-refractivity contribution in [3.8, 4) is 0 Å². The summed E-state index contributed by atoms with van der Waals surface area (Å²) in [6.07, 6.45) is 0.946. The number of hydrogen-bond acceptors (Lipinski definition) is 4. The summed E-state index contributed by atoms with van der Waals surface area (Å²) >= 11 is 1.63. The van der Waals surface area contributed by atoms with Crippen LogP contribution in [0.4, 0.5) is 5.13 Å². The maximum Gasteiger partial charge on any atom is 0.205 e. The molecule has 3 nitrogen and oxygen atoms in total. The van der Waals surface area contributed by atoms with Gasteiger partial charge in [0.15, 0.2) is 0 Å². The molecule has 0 unspecified atom stereocenters. The van der Waals surface area contributed by atoms with Crippen molar-refractivity contribution in [2.45, 2.75) is 40.7 Å². The molecule has 18 heavy (non-hydrogen) atoms. The SMILES string of the molecule is CCc1nnc(NCc2cc(C)c(C)cc2C)s1. The molecule has 0 atom stereocenters. The summed E-state index contributed by atoms with van der Waals surface area (Å²) in [5.74, 6) is 0. The Hall–Kier alpha value is -1.42. The molecule has 0 aliphatic carbocycles. The van der Waals surface area contributed by atoms with Gasteiger partial charge in [-0.2, -0.15) is 0 Å². The lowest BCUT2D eigenvalue weighted by Gasteiger charge is -2.10. The van der Waals surface area contributed by atoms with Gasteiger partial charge in [-0.05, 0) is 49.4 Å². The summed E-state index contributed by atoms with van der Waals surface area (Å²) in [4.78, 5) is 0. The maximum atomic E-state index is 4.13. The predicted molar refractivity (Wildman–Crippen MR) is 77.3 cm³/mol. The lowest BCUT2D eigenvalue weighted by Crippen LogP contribution is -2.02. The van der Waals surface area contributed by atoms with Gasteiger partial charge in [0.2, 0.25) is 5.13 Å². The van der Waals surface area contributed by atoms with E-state index < -0.39 is 0 Å². The third-order valence-electron chi connectivity index (χ3n) is 3.15. The molecule has 0 amide bonds. The smallest absolute Gasteiger partial charge is 0.205 e. The van der Waals surface area contributed by atoms with Crippen LogP contribution < -0.4 is 5.32 Å². The molecule has 96 valence electrons. The Kier molecular flexibility index (Phi) is 3.97. The Labute approximate surface area is 112 Å². The molecule has 4 heteroatoms. The van der Waals surface area contributed by atoms with E-state index in [4.69, 9.17) is 0 Å². The second-order valence-electron chi connectivity index (χ2n) is 4.57. The van der Waals surface area contributed by atoms with Crippen LogP contribution in [0.25, 0.3) is 0 Å². The van der Waals surface area contributed by atoms with Crippen LogP contribution in [0, 0.1) is 20.8 Å². The zero-order valence-electron chi connectivity index (χ0n) is 11.4. The van der Waals surface area contributed by atoms with Gasteiger partial charge in [-0.3, -0.25) is 0 Å². The second kappa shape index (κ2) is 5.48. The van der Waals surface area contributed by atoms with Crippen molar-refractivity contribution in [1.82, 2.24) is 10.2 Å². The Morgan fingerprint density at radius 1 is 1.06 bits per heavy atom. The summed E-state index contributed by atoms with van der Waals surface area (Å²) in [7, 11) is 0. The summed E-state index contributed by atoms with van der Waals surface area (Å²) in [5.41, 5.74) is 5.33. The molecule has 0 saturated carbocycles. The summed E-state index contributed by atoms with van der Waals surface area (Å²) in [5, 5.41) is 13.6. The molecule has 0 saturated heterocycles. The van der Waals surface area contributed by atoms with Gasteiger partial charge < -0.3 is 5.32 Å². The molecule has 0 fully saturated rings. The minimum atomic E-state index is 0.811. The van der Waals surface area contributed by atoms with Crippen molar-refractivity contribution < 1.29 is 0 Å². The molecule has 0 radical (unpaired) electrons. The number of aromatic nitrogens is 2. The maximum absolute atomic E-state index is 4.13. The number of rotatable bonds is 4. The van der Waals surface area contributed by atoms with E-state index in [1.54, 1.807) is 11.3 Å². The fourth-order valence-electron chi connectivity index (χ4n) is 1.85. The number of nitrogens with one attached hydrogen (secondary N) is 1.